The first-order chi connectivity index (χ1) is 8.20. The zero-order valence-corrected chi connectivity index (χ0v) is 10.2. The smallest absolute Gasteiger partial charge is 0.101 e. The zero-order valence-electron chi connectivity index (χ0n) is 10.2. The van der Waals surface area contributed by atoms with Crippen LogP contribution in [0, 0.1) is 0 Å². The second-order valence-corrected chi connectivity index (χ2v) is 4.11. The lowest BCUT2D eigenvalue weighted by Crippen LogP contribution is -2.08. The van der Waals surface area contributed by atoms with E-state index in [1.165, 1.54) is 5.56 Å². The summed E-state index contributed by atoms with van der Waals surface area (Å²) in [6.07, 6.45) is 4.50. The fourth-order valence-corrected chi connectivity index (χ4v) is 1.80. The number of pyridine rings is 1. The third-order valence-corrected chi connectivity index (χ3v) is 2.90. The molecule has 0 aliphatic rings. The Morgan fingerprint density at radius 3 is 2.71 bits per heavy atom. The van der Waals surface area contributed by atoms with Gasteiger partial charge in [0.1, 0.15) is 6.10 Å². The van der Waals surface area contributed by atoms with Crippen LogP contribution < -0.4 is 0 Å². The summed E-state index contributed by atoms with van der Waals surface area (Å²) < 4.78 is 1.69. The molecule has 2 aromatic heterocycles. The van der Waals surface area contributed by atoms with E-state index >= 15 is 0 Å². The Kier molecular flexibility index (Phi) is 3.54. The van der Waals surface area contributed by atoms with E-state index < -0.39 is 6.10 Å². The van der Waals surface area contributed by atoms with Crippen LogP contribution in [-0.2, 0) is 19.9 Å². The monoisotopic (exact) mass is 231 g/mol. The van der Waals surface area contributed by atoms with Crippen molar-refractivity contribution in [1.29, 1.82) is 0 Å². The van der Waals surface area contributed by atoms with E-state index in [1.807, 2.05) is 25.4 Å². The van der Waals surface area contributed by atoms with E-state index in [4.69, 9.17) is 0 Å². The normalized spacial score (nSPS) is 12.6. The Balaban J connectivity index is 2.07. The van der Waals surface area contributed by atoms with Crippen LogP contribution in [0.4, 0.5) is 0 Å². The SMILES string of the molecule is CCc1ccc(CC(O)c2ccnn2C)nc1. The third-order valence-electron chi connectivity index (χ3n) is 2.90. The number of aromatic nitrogens is 3. The molecule has 0 aromatic carbocycles. The van der Waals surface area contributed by atoms with Crippen LogP contribution >= 0.6 is 0 Å². The van der Waals surface area contributed by atoms with Gasteiger partial charge in [-0.3, -0.25) is 9.67 Å². The lowest BCUT2D eigenvalue weighted by atomic mass is 10.1. The van der Waals surface area contributed by atoms with Crippen molar-refractivity contribution in [2.24, 2.45) is 7.05 Å². The van der Waals surface area contributed by atoms with Gasteiger partial charge in [-0.1, -0.05) is 13.0 Å². The maximum atomic E-state index is 10.1. The van der Waals surface area contributed by atoms with Gasteiger partial charge in [-0.05, 0) is 24.1 Å². The van der Waals surface area contributed by atoms with Crippen LogP contribution in [0.3, 0.4) is 0 Å². The molecule has 0 bridgehead atoms. The summed E-state index contributed by atoms with van der Waals surface area (Å²) in [7, 11) is 1.83. The average Bonchev–Trinajstić information content (AvgIpc) is 2.76. The number of aliphatic hydroxyl groups excluding tert-OH is 1. The lowest BCUT2D eigenvalue weighted by Gasteiger charge is -2.10. The van der Waals surface area contributed by atoms with Crippen molar-refractivity contribution in [1.82, 2.24) is 14.8 Å². The highest BCUT2D eigenvalue weighted by Gasteiger charge is 2.12. The Bertz CT molecular complexity index is 476. The van der Waals surface area contributed by atoms with Crippen molar-refractivity contribution >= 4 is 0 Å². The Hall–Kier alpha value is -1.68. The van der Waals surface area contributed by atoms with Crippen molar-refractivity contribution in [3.63, 3.8) is 0 Å². The minimum atomic E-state index is -0.553. The summed E-state index contributed by atoms with van der Waals surface area (Å²) >= 11 is 0. The van der Waals surface area contributed by atoms with Crippen molar-refractivity contribution in [2.75, 3.05) is 0 Å². The molecule has 0 saturated heterocycles. The van der Waals surface area contributed by atoms with Crippen molar-refractivity contribution in [3.05, 3.63) is 47.5 Å². The van der Waals surface area contributed by atoms with E-state index in [-0.39, 0.29) is 0 Å². The Morgan fingerprint density at radius 1 is 1.35 bits per heavy atom. The van der Waals surface area contributed by atoms with Gasteiger partial charge < -0.3 is 5.11 Å². The summed E-state index contributed by atoms with van der Waals surface area (Å²) in [6, 6.07) is 5.85. The number of hydrogen-bond acceptors (Lipinski definition) is 3. The van der Waals surface area contributed by atoms with Crippen LogP contribution in [0.25, 0.3) is 0 Å². The van der Waals surface area contributed by atoms with Crippen molar-refractivity contribution in [3.8, 4) is 0 Å². The van der Waals surface area contributed by atoms with Crippen molar-refractivity contribution < 1.29 is 5.11 Å². The van der Waals surface area contributed by atoms with Gasteiger partial charge in [0.15, 0.2) is 0 Å². The molecule has 0 spiro atoms. The third kappa shape index (κ3) is 2.71. The molecule has 2 heterocycles. The van der Waals surface area contributed by atoms with Gasteiger partial charge >= 0.3 is 0 Å². The maximum absolute atomic E-state index is 10.1. The molecule has 0 aliphatic carbocycles. The minimum absolute atomic E-state index is 0.517. The van der Waals surface area contributed by atoms with E-state index in [0.29, 0.717) is 6.42 Å². The molecular formula is C13H17N3O. The van der Waals surface area contributed by atoms with Gasteiger partial charge in [0.25, 0.3) is 0 Å². The highest BCUT2D eigenvalue weighted by molar-refractivity contribution is 5.16. The Morgan fingerprint density at radius 2 is 2.18 bits per heavy atom. The largest absolute Gasteiger partial charge is 0.386 e. The van der Waals surface area contributed by atoms with E-state index in [0.717, 1.165) is 17.8 Å². The lowest BCUT2D eigenvalue weighted by molar-refractivity contribution is 0.167. The molecule has 1 unspecified atom stereocenters. The molecule has 1 N–H and O–H groups in total. The first-order valence-electron chi connectivity index (χ1n) is 5.80. The second kappa shape index (κ2) is 5.10. The average molecular weight is 231 g/mol. The highest BCUT2D eigenvalue weighted by Crippen LogP contribution is 2.16. The molecule has 2 aromatic rings. The maximum Gasteiger partial charge on any atom is 0.101 e. The molecule has 0 saturated carbocycles. The molecule has 1 atom stereocenters. The number of rotatable bonds is 4. The van der Waals surface area contributed by atoms with Crippen LogP contribution in [0.15, 0.2) is 30.6 Å². The summed E-state index contributed by atoms with van der Waals surface area (Å²) in [5.41, 5.74) is 2.92. The molecule has 0 radical (unpaired) electrons. The molecular weight excluding hydrogens is 214 g/mol. The summed E-state index contributed by atoms with van der Waals surface area (Å²) in [5.74, 6) is 0. The number of hydrogen-bond donors (Lipinski definition) is 1. The van der Waals surface area contributed by atoms with Gasteiger partial charge in [0.2, 0.25) is 0 Å². The van der Waals surface area contributed by atoms with Crippen LogP contribution in [0.5, 0.6) is 0 Å². The standard InChI is InChI=1S/C13H17N3O/c1-3-10-4-5-11(14-9-10)8-13(17)12-6-7-15-16(12)2/h4-7,9,13,17H,3,8H2,1-2H3. The summed E-state index contributed by atoms with van der Waals surface area (Å²) in [5, 5.41) is 14.1. The van der Waals surface area contributed by atoms with Crippen LogP contribution in [0.1, 0.15) is 30.0 Å². The molecule has 90 valence electrons. The first-order valence-corrected chi connectivity index (χ1v) is 5.80. The van der Waals surface area contributed by atoms with Crippen LogP contribution in [-0.4, -0.2) is 19.9 Å². The predicted octanol–water partition coefficient (Wildman–Crippen LogP) is 1.65. The number of nitrogens with zero attached hydrogens (tertiary/aromatic N) is 3. The fourth-order valence-electron chi connectivity index (χ4n) is 1.80. The van der Waals surface area contributed by atoms with E-state index in [1.54, 1.807) is 10.9 Å². The minimum Gasteiger partial charge on any atom is -0.386 e. The summed E-state index contributed by atoms with van der Waals surface area (Å²) in [4.78, 5) is 4.34. The van der Waals surface area contributed by atoms with Crippen molar-refractivity contribution in [2.45, 2.75) is 25.9 Å². The predicted molar refractivity (Wildman–Crippen MR) is 65.5 cm³/mol. The first kappa shape index (κ1) is 11.8. The molecule has 4 heteroatoms. The fraction of sp³-hybridized carbons (Fsp3) is 0.385. The second-order valence-electron chi connectivity index (χ2n) is 4.11. The van der Waals surface area contributed by atoms with Gasteiger partial charge in [-0.2, -0.15) is 5.10 Å². The molecule has 0 fully saturated rings. The molecule has 0 aliphatic heterocycles. The number of aliphatic hydroxyl groups is 1. The van der Waals surface area contributed by atoms with Crippen LogP contribution in [0.2, 0.25) is 0 Å². The van der Waals surface area contributed by atoms with Gasteiger partial charge in [-0.25, -0.2) is 0 Å². The van der Waals surface area contributed by atoms with Gasteiger partial charge in [0.05, 0.1) is 5.69 Å². The van der Waals surface area contributed by atoms with Gasteiger partial charge in [-0.15, -0.1) is 0 Å². The molecule has 2 rings (SSSR count). The summed E-state index contributed by atoms with van der Waals surface area (Å²) in [6.45, 7) is 2.10. The quantitative estimate of drug-likeness (QED) is 0.870. The number of aryl methyl sites for hydroxylation is 2. The molecule has 17 heavy (non-hydrogen) atoms. The highest BCUT2D eigenvalue weighted by atomic mass is 16.3. The Labute approximate surface area is 101 Å². The zero-order chi connectivity index (χ0) is 12.3. The topological polar surface area (TPSA) is 50.9 Å². The molecule has 4 nitrogen and oxygen atoms in total. The van der Waals surface area contributed by atoms with Gasteiger partial charge in [0, 0.05) is 31.6 Å². The van der Waals surface area contributed by atoms with E-state index in [9.17, 15) is 5.11 Å². The molecule has 0 amide bonds. The van der Waals surface area contributed by atoms with E-state index in [2.05, 4.69) is 23.1 Å².